The molecule has 104 valence electrons. The van der Waals surface area contributed by atoms with Crippen molar-refractivity contribution in [2.45, 2.75) is 56.7 Å². The summed E-state index contributed by atoms with van der Waals surface area (Å²) < 4.78 is 0. The van der Waals surface area contributed by atoms with Crippen molar-refractivity contribution >= 4 is 28.7 Å². The van der Waals surface area contributed by atoms with E-state index in [2.05, 4.69) is 25.4 Å². The number of amidine groups is 1. The predicted molar refractivity (Wildman–Crippen MR) is 85.9 cm³/mol. The fourth-order valence-corrected chi connectivity index (χ4v) is 4.52. The molecule has 1 saturated carbocycles. The molecule has 1 aliphatic heterocycles. The van der Waals surface area contributed by atoms with Gasteiger partial charge in [0.1, 0.15) is 0 Å². The van der Waals surface area contributed by atoms with Crippen molar-refractivity contribution in [3.63, 3.8) is 0 Å². The fraction of sp³-hybridized carbons (Fsp3) is 0.929. The third-order valence-corrected chi connectivity index (χ3v) is 6.38. The van der Waals surface area contributed by atoms with E-state index in [0.29, 0.717) is 5.54 Å². The molecule has 18 heavy (non-hydrogen) atoms. The van der Waals surface area contributed by atoms with E-state index in [1.54, 1.807) is 0 Å². The maximum atomic E-state index is 4.74. The standard InChI is InChI=1S/C14H26N2S2/c1-11-5-4-7-14(9-11)10-18-13(16-14)15-8-6-12(2)17-3/h11-12H,4-10H2,1-3H3,(H,15,16). The van der Waals surface area contributed by atoms with E-state index in [1.165, 1.54) is 43.0 Å². The second-order valence-corrected chi connectivity index (χ2v) is 8.16. The smallest absolute Gasteiger partial charge is 0.157 e. The Hall–Kier alpha value is 0.170. The van der Waals surface area contributed by atoms with Crippen molar-refractivity contribution in [1.82, 2.24) is 5.32 Å². The zero-order valence-electron chi connectivity index (χ0n) is 11.9. The quantitative estimate of drug-likeness (QED) is 0.851. The van der Waals surface area contributed by atoms with Gasteiger partial charge in [0.25, 0.3) is 0 Å². The van der Waals surface area contributed by atoms with Crippen molar-refractivity contribution in [3.05, 3.63) is 0 Å². The summed E-state index contributed by atoms with van der Waals surface area (Å²) in [5, 5.41) is 5.67. The SMILES string of the molecule is CSC(C)CCN=C1NC2(CCCC(C)C2)CS1. The average molecular weight is 287 g/mol. The van der Waals surface area contributed by atoms with Crippen molar-refractivity contribution in [2.24, 2.45) is 10.9 Å². The van der Waals surface area contributed by atoms with Crippen molar-refractivity contribution in [3.8, 4) is 0 Å². The van der Waals surface area contributed by atoms with Crippen LogP contribution in [0, 0.1) is 5.92 Å². The molecule has 1 N–H and O–H groups in total. The van der Waals surface area contributed by atoms with Gasteiger partial charge >= 0.3 is 0 Å². The van der Waals surface area contributed by atoms with Gasteiger partial charge < -0.3 is 5.32 Å². The molecule has 0 amide bonds. The van der Waals surface area contributed by atoms with E-state index in [0.717, 1.165) is 17.7 Å². The van der Waals surface area contributed by atoms with E-state index in [-0.39, 0.29) is 0 Å². The lowest BCUT2D eigenvalue weighted by Gasteiger charge is -2.36. The van der Waals surface area contributed by atoms with Crippen LogP contribution in [0.15, 0.2) is 4.99 Å². The predicted octanol–water partition coefficient (Wildman–Crippen LogP) is 3.77. The van der Waals surface area contributed by atoms with Gasteiger partial charge in [0.15, 0.2) is 5.17 Å². The molecule has 3 unspecified atom stereocenters. The zero-order valence-corrected chi connectivity index (χ0v) is 13.5. The monoisotopic (exact) mass is 286 g/mol. The van der Waals surface area contributed by atoms with E-state index in [9.17, 15) is 0 Å². The summed E-state index contributed by atoms with van der Waals surface area (Å²) in [6.45, 7) is 5.65. The van der Waals surface area contributed by atoms with Crippen LogP contribution in [0.25, 0.3) is 0 Å². The summed E-state index contributed by atoms with van der Waals surface area (Å²) in [5.41, 5.74) is 0.381. The molecule has 1 spiro atoms. The summed E-state index contributed by atoms with van der Waals surface area (Å²) in [6, 6.07) is 0. The molecule has 1 aliphatic carbocycles. The lowest BCUT2D eigenvalue weighted by atomic mass is 9.78. The lowest BCUT2D eigenvalue weighted by molar-refractivity contribution is 0.242. The van der Waals surface area contributed by atoms with Crippen LogP contribution in [0.1, 0.15) is 46.0 Å². The van der Waals surface area contributed by atoms with Gasteiger partial charge in [0, 0.05) is 23.1 Å². The summed E-state index contributed by atoms with van der Waals surface area (Å²) in [4.78, 5) is 4.74. The number of rotatable bonds is 4. The third-order valence-electron chi connectivity index (χ3n) is 4.14. The van der Waals surface area contributed by atoms with Gasteiger partial charge in [0.2, 0.25) is 0 Å². The zero-order chi connectivity index (χ0) is 13.0. The Morgan fingerprint density at radius 2 is 2.44 bits per heavy atom. The Balaban J connectivity index is 1.82. The van der Waals surface area contributed by atoms with Gasteiger partial charge in [-0.3, -0.25) is 4.99 Å². The normalized spacial score (nSPS) is 35.9. The first-order chi connectivity index (χ1) is 8.63. The van der Waals surface area contributed by atoms with Crippen LogP contribution in [-0.2, 0) is 0 Å². The summed E-state index contributed by atoms with van der Waals surface area (Å²) in [6.07, 6.45) is 8.83. The highest BCUT2D eigenvalue weighted by molar-refractivity contribution is 8.14. The molecule has 2 rings (SSSR count). The average Bonchev–Trinajstić information content (AvgIpc) is 2.71. The van der Waals surface area contributed by atoms with E-state index in [1.807, 2.05) is 23.5 Å². The molecule has 1 saturated heterocycles. The van der Waals surface area contributed by atoms with Gasteiger partial charge in [-0.2, -0.15) is 11.8 Å². The van der Waals surface area contributed by atoms with Crippen LogP contribution in [-0.4, -0.2) is 34.5 Å². The van der Waals surface area contributed by atoms with Crippen molar-refractivity contribution in [2.75, 3.05) is 18.6 Å². The van der Waals surface area contributed by atoms with Crippen molar-refractivity contribution in [1.29, 1.82) is 0 Å². The van der Waals surface area contributed by atoms with E-state index < -0.39 is 0 Å². The second kappa shape index (κ2) is 6.56. The fourth-order valence-electron chi connectivity index (χ4n) is 2.96. The van der Waals surface area contributed by atoms with Crippen LogP contribution in [0.3, 0.4) is 0 Å². The summed E-state index contributed by atoms with van der Waals surface area (Å²) in [7, 11) is 0. The van der Waals surface area contributed by atoms with E-state index >= 15 is 0 Å². The molecular weight excluding hydrogens is 260 g/mol. The van der Waals surface area contributed by atoms with Crippen LogP contribution in [0.4, 0.5) is 0 Å². The molecule has 2 aliphatic rings. The Kier molecular flexibility index (Phi) is 5.31. The van der Waals surface area contributed by atoms with Crippen LogP contribution >= 0.6 is 23.5 Å². The first-order valence-electron chi connectivity index (χ1n) is 7.12. The molecule has 3 atom stereocenters. The molecule has 4 heteroatoms. The molecular formula is C14H26N2S2. The molecule has 0 aromatic rings. The molecule has 0 aromatic heterocycles. The number of hydrogen-bond acceptors (Lipinski definition) is 3. The summed E-state index contributed by atoms with van der Waals surface area (Å²) in [5.74, 6) is 2.11. The van der Waals surface area contributed by atoms with Crippen molar-refractivity contribution < 1.29 is 0 Å². The molecule has 2 fully saturated rings. The number of hydrogen-bond donors (Lipinski definition) is 1. The maximum absolute atomic E-state index is 4.74. The Labute approximate surface area is 120 Å². The first kappa shape index (κ1) is 14.6. The van der Waals surface area contributed by atoms with E-state index in [4.69, 9.17) is 4.99 Å². The largest absolute Gasteiger partial charge is 0.359 e. The van der Waals surface area contributed by atoms with Gasteiger partial charge in [-0.1, -0.05) is 38.5 Å². The second-order valence-electron chi connectivity index (χ2n) is 5.92. The topological polar surface area (TPSA) is 24.4 Å². The highest BCUT2D eigenvalue weighted by Crippen LogP contribution is 2.38. The molecule has 1 heterocycles. The van der Waals surface area contributed by atoms with Crippen LogP contribution in [0.2, 0.25) is 0 Å². The van der Waals surface area contributed by atoms with Gasteiger partial charge in [0.05, 0.1) is 0 Å². The minimum Gasteiger partial charge on any atom is -0.359 e. The minimum absolute atomic E-state index is 0.381. The van der Waals surface area contributed by atoms with Gasteiger partial charge in [-0.25, -0.2) is 0 Å². The first-order valence-corrected chi connectivity index (χ1v) is 9.39. The lowest BCUT2D eigenvalue weighted by Crippen LogP contribution is -2.47. The molecule has 2 nitrogen and oxygen atoms in total. The Morgan fingerprint density at radius 3 is 3.17 bits per heavy atom. The number of nitrogens with zero attached hydrogens (tertiary/aromatic N) is 1. The molecule has 0 radical (unpaired) electrons. The maximum Gasteiger partial charge on any atom is 0.157 e. The van der Waals surface area contributed by atoms with Crippen LogP contribution in [0.5, 0.6) is 0 Å². The molecule has 0 aromatic carbocycles. The highest BCUT2D eigenvalue weighted by atomic mass is 32.2. The number of nitrogens with one attached hydrogen (secondary N) is 1. The third kappa shape index (κ3) is 3.83. The number of aliphatic imine (C=N–C) groups is 1. The summed E-state index contributed by atoms with van der Waals surface area (Å²) >= 11 is 3.87. The Morgan fingerprint density at radius 1 is 1.61 bits per heavy atom. The highest BCUT2D eigenvalue weighted by Gasteiger charge is 2.40. The van der Waals surface area contributed by atoms with Gasteiger partial charge in [-0.15, -0.1) is 0 Å². The van der Waals surface area contributed by atoms with Crippen LogP contribution < -0.4 is 5.32 Å². The van der Waals surface area contributed by atoms with Gasteiger partial charge in [-0.05, 0) is 31.4 Å². The number of thioether (sulfide) groups is 2. The minimum atomic E-state index is 0.381. The molecule has 0 bridgehead atoms. The Bertz CT molecular complexity index is 306.